The van der Waals surface area contributed by atoms with E-state index in [4.69, 9.17) is 14.5 Å². The van der Waals surface area contributed by atoms with Crippen LogP contribution in [-0.4, -0.2) is 41.0 Å². The van der Waals surface area contributed by atoms with Gasteiger partial charge in [0.05, 0.1) is 35.7 Å². The first-order chi connectivity index (χ1) is 18.7. The van der Waals surface area contributed by atoms with E-state index in [9.17, 15) is 14.7 Å². The standard InChI is InChI=1S/C30H29N3O5S/c1-15(2)18-13-19(16(3)12-23(18)38-6)27(34)25-26(20-9-7-8-10-31-20)33(29(36)28(25)35)30-32-21-11-17(4)22(37-5)14-24(21)39-30/h7-15,26,34H,1-6H3/b27-25+. The van der Waals surface area contributed by atoms with Gasteiger partial charge in [0.25, 0.3) is 5.78 Å². The van der Waals surface area contributed by atoms with Gasteiger partial charge in [0.2, 0.25) is 0 Å². The summed E-state index contributed by atoms with van der Waals surface area (Å²) in [4.78, 5) is 37.7. The van der Waals surface area contributed by atoms with Gasteiger partial charge in [-0.15, -0.1) is 0 Å². The van der Waals surface area contributed by atoms with Crippen molar-refractivity contribution in [2.75, 3.05) is 19.1 Å². The number of fused-ring (bicyclic) bond motifs is 1. The number of amides is 1. The highest BCUT2D eigenvalue weighted by Crippen LogP contribution is 2.45. The second-order valence-corrected chi connectivity index (χ2v) is 10.8. The minimum absolute atomic E-state index is 0.0327. The number of aliphatic hydroxyl groups is 1. The average Bonchev–Trinajstić information content (AvgIpc) is 3.44. The van der Waals surface area contributed by atoms with E-state index >= 15 is 0 Å². The third-order valence-corrected chi connectivity index (χ3v) is 7.98. The van der Waals surface area contributed by atoms with Crippen LogP contribution in [-0.2, 0) is 9.59 Å². The van der Waals surface area contributed by atoms with Crippen molar-refractivity contribution in [3.8, 4) is 11.5 Å². The highest BCUT2D eigenvalue weighted by molar-refractivity contribution is 7.22. The van der Waals surface area contributed by atoms with Crippen LogP contribution in [0.4, 0.5) is 5.13 Å². The van der Waals surface area contributed by atoms with E-state index in [0.29, 0.717) is 39.0 Å². The molecule has 1 unspecified atom stereocenters. The SMILES string of the molecule is COc1cc2sc(N3C(=O)C(=O)/C(=C(/O)c4cc(C(C)C)c(OC)cc4C)C3c3ccccn3)nc2cc1C. The number of methoxy groups -OCH3 is 2. The van der Waals surface area contributed by atoms with E-state index in [1.54, 1.807) is 38.6 Å². The zero-order chi connectivity index (χ0) is 28.0. The van der Waals surface area contributed by atoms with Gasteiger partial charge in [-0.05, 0) is 72.9 Å². The molecule has 3 heterocycles. The van der Waals surface area contributed by atoms with Crippen molar-refractivity contribution in [1.29, 1.82) is 0 Å². The summed E-state index contributed by atoms with van der Waals surface area (Å²) in [6, 6.07) is 11.7. The normalized spacial score (nSPS) is 16.9. The summed E-state index contributed by atoms with van der Waals surface area (Å²) < 4.78 is 11.8. The summed E-state index contributed by atoms with van der Waals surface area (Å²) in [6.45, 7) is 7.79. The van der Waals surface area contributed by atoms with Crippen LogP contribution < -0.4 is 14.4 Å². The van der Waals surface area contributed by atoms with Gasteiger partial charge in [-0.25, -0.2) is 4.98 Å². The molecule has 0 bridgehead atoms. The lowest BCUT2D eigenvalue weighted by Crippen LogP contribution is -2.29. The Morgan fingerprint density at radius 1 is 1.03 bits per heavy atom. The van der Waals surface area contributed by atoms with Crippen LogP contribution in [0.25, 0.3) is 16.0 Å². The number of benzene rings is 2. The van der Waals surface area contributed by atoms with Crippen LogP contribution in [0.15, 0.2) is 54.2 Å². The van der Waals surface area contributed by atoms with E-state index in [1.807, 2.05) is 52.0 Å². The van der Waals surface area contributed by atoms with Gasteiger partial charge >= 0.3 is 5.91 Å². The molecule has 0 saturated carbocycles. The van der Waals surface area contributed by atoms with Crippen LogP contribution in [0.3, 0.4) is 0 Å². The molecular weight excluding hydrogens is 514 g/mol. The van der Waals surface area contributed by atoms with Crippen LogP contribution in [0.5, 0.6) is 11.5 Å². The average molecular weight is 544 g/mol. The molecule has 5 rings (SSSR count). The van der Waals surface area contributed by atoms with Crippen molar-refractivity contribution < 1.29 is 24.2 Å². The Hall–Kier alpha value is -4.24. The smallest absolute Gasteiger partial charge is 0.301 e. The van der Waals surface area contributed by atoms with Gasteiger partial charge in [0.1, 0.15) is 23.3 Å². The second kappa shape index (κ2) is 10.1. The minimum Gasteiger partial charge on any atom is -0.507 e. The fourth-order valence-corrected chi connectivity index (χ4v) is 5.95. The summed E-state index contributed by atoms with van der Waals surface area (Å²) in [5, 5.41) is 12.0. The molecule has 1 atom stereocenters. The Bertz CT molecular complexity index is 1640. The Morgan fingerprint density at radius 3 is 2.41 bits per heavy atom. The molecule has 39 heavy (non-hydrogen) atoms. The monoisotopic (exact) mass is 543 g/mol. The molecule has 200 valence electrons. The van der Waals surface area contributed by atoms with Gasteiger partial charge in [0.15, 0.2) is 5.13 Å². The van der Waals surface area contributed by atoms with E-state index in [1.165, 1.54) is 16.2 Å². The summed E-state index contributed by atoms with van der Waals surface area (Å²) in [7, 11) is 3.20. The number of anilines is 1. The molecule has 9 heteroatoms. The van der Waals surface area contributed by atoms with Gasteiger partial charge in [-0.1, -0.05) is 31.3 Å². The number of hydrogen-bond acceptors (Lipinski definition) is 8. The number of ether oxygens (including phenoxy) is 2. The highest BCUT2D eigenvalue weighted by atomic mass is 32.1. The number of nitrogens with zero attached hydrogens (tertiary/aromatic N) is 3. The van der Waals surface area contributed by atoms with Crippen LogP contribution in [0.1, 0.15) is 53.8 Å². The molecular formula is C30H29N3O5S. The quantitative estimate of drug-likeness (QED) is 0.179. The first kappa shape index (κ1) is 26.4. The zero-order valence-corrected chi connectivity index (χ0v) is 23.4. The molecule has 8 nitrogen and oxygen atoms in total. The highest BCUT2D eigenvalue weighted by Gasteiger charge is 2.49. The number of pyridine rings is 1. The number of aromatic nitrogens is 2. The molecule has 0 spiro atoms. The van der Waals surface area contributed by atoms with Gasteiger partial charge in [-0.3, -0.25) is 19.5 Å². The molecule has 1 fully saturated rings. The number of carbonyl (C=O) groups excluding carboxylic acids is 2. The molecule has 1 aliphatic rings. The van der Waals surface area contributed by atoms with Crippen molar-refractivity contribution >= 4 is 44.1 Å². The van der Waals surface area contributed by atoms with E-state index in [0.717, 1.165) is 15.8 Å². The summed E-state index contributed by atoms with van der Waals surface area (Å²) in [5.41, 5.74) is 4.05. The van der Waals surface area contributed by atoms with Crippen molar-refractivity contribution in [3.05, 3.63) is 82.2 Å². The Morgan fingerprint density at radius 2 is 1.77 bits per heavy atom. The maximum absolute atomic E-state index is 13.6. The first-order valence-corrected chi connectivity index (χ1v) is 13.3. The van der Waals surface area contributed by atoms with Crippen LogP contribution in [0, 0.1) is 13.8 Å². The molecule has 1 saturated heterocycles. The third-order valence-electron chi connectivity index (χ3n) is 6.97. The first-order valence-electron chi connectivity index (χ1n) is 12.5. The maximum atomic E-state index is 13.6. The molecule has 1 amide bonds. The maximum Gasteiger partial charge on any atom is 0.301 e. The summed E-state index contributed by atoms with van der Waals surface area (Å²) in [6.07, 6.45) is 1.59. The molecule has 2 aromatic carbocycles. The Labute approximate surface area is 230 Å². The molecule has 1 N–H and O–H groups in total. The molecule has 0 aliphatic carbocycles. The predicted molar refractivity (Wildman–Crippen MR) is 152 cm³/mol. The Kier molecular flexibility index (Phi) is 6.86. The number of aryl methyl sites for hydroxylation is 2. The topological polar surface area (TPSA) is 102 Å². The summed E-state index contributed by atoms with van der Waals surface area (Å²) in [5.74, 6) is -0.322. The molecule has 2 aromatic heterocycles. The van der Waals surface area contributed by atoms with Crippen LogP contribution in [0.2, 0.25) is 0 Å². The van der Waals surface area contributed by atoms with Crippen molar-refractivity contribution in [2.45, 2.75) is 39.7 Å². The second-order valence-electron chi connectivity index (χ2n) is 9.77. The van der Waals surface area contributed by atoms with Gasteiger partial charge < -0.3 is 14.6 Å². The fourth-order valence-electron chi connectivity index (χ4n) is 4.94. The third kappa shape index (κ3) is 4.42. The molecule has 0 radical (unpaired) electrons. The lowest BCUT2D eigenvalue weighted by atomic mass is 9.92. The largest absolute Gasteiger partial charge is 0.507 e. The van der Waals surface area contributed by atoms with Crippen LogP contribution >= 0.6 is 11.3 Å². The van der Waals surface area contributed by atoms with E-state index in [2.05, 4.69) is 4.98 Å². The number of aliphatic hydroxyl groups excluding tert-OH is 1. The van der Waals surface area contributed by atoms with Crippen molar-refractivity contribution in [3.63, 3.8) is 0 Å². The zero-order valence-electron chi connectivity index (χ0n) is 22.6. The lowest BCUT2D eigenvalue weighted by Gasteiger charge is -2.22. The lowest BCUT2D eigenvalue weighted by molar-refractivity contribution is -0.132. The predicted octanol–water partition coefficient (Wildman–Crippen LogP) is 6.08. The number of Topliss-reactive ketones (excluding diaryl/α,β-unsaturated/α-hetero) is 1. The van der Waals surface area contributed by atoms with E-state index < -0.39 is 17.7 Å². The molecule has 4 aromatic rings. The number of ketones is 1. The molecule has 1 aliphatic heterocycles. The van der Waals surface area contributed by atoms with Crippen molar-refractivity contribution in [1.82, 2.24) is 9.97 Å². The summed E-state index contributed by atoms with van der Waals surface area (Å²) >= 11 is 1.27. The van der Waals surface area contributed by atoms with Gasteiger partial charge in [0, 0.05) is 11.8 Å². The van der Waals surface area contributed by atoms with Gasteiger partial charge in [-0.2, -0.15) is 0 Å². The number of thiazole rings is 1. The Balaban J connectivity index is 1.74. The number of carbonyl (C=O) groups is 2. The minimum atomic E-state index is -0.959. The number of hydrogen-bond donors (Lipinski definition) is 1. The fraction of sp³-hybridized carbons (Fsp3) is 0.267. The van der Waals surface area contributed by atoms with E-state index in [-0.39, 0.29) is 17.3 Å². The van der Waals surface area contributed by atoms with Crippen molar-refractivity contribution in [2.24, 2.45) is 0 Å². The number of rotatable bonds is 6.